The number of unbranched alkanes of at least 4 members (excludes halogenated alkanes) is 10. The summed E-state index contributed by atoms with van der Waals surface area (Å²) in [6.07, 6.45) is 14.4. The van der Waals surface area contributed by atoms with Gasteiger partial charge >= 0.3 is 5.97 Å². The van der Waals surface area contributed by atoms with E-state index in [2.05, 4.69) is 6.92 Å². The number of hydrogen-bond acceptors (Lipinski definition) is 3. The summed E-state index contributed by atoms with van der Waals surface area (Å²) in [5, 5.41) is 15.6. The number of amidine groups is 1. The van der Waals surface area contributed by atoms with Crippen LogP contribution in [0.1, 0.15) is 89.5 Å². The minimum atomic E-state index is -0.657. The van der Waals surface area contributed by atoms with Crippen LogP contribution in [0.5, 0.6) is 0 Å². The van der Waals surface area contributed by atoms with E-state index in [0.29, 0.717) is 6.42 Å². The molecule has 1 aromatic rings. The van der Waals surface area contributed by atoms with Gasteiger partial charge in [0.25, 0.3) is 0 Å². The van der Waals surface area contributed by atoms with E-state index in [4.69, 9.17) is 16.2 Å². The Morgan fingerprint density at radius 1 is 0.926 bits per heavy atom. The molecule has 5 heteroatoms. The molecule has 0 bridgehead atoms. The van der Waals surface area contributed by atoms with Gasteiger partial charge in [0.15, 0.2) is 5.17 Å². The van der Waals surface area contributed by atoms with Gasteiger partial charge in [-0.1, -0.05) is 113 Å². The Balaban J connectivity index is 0.000000533. The number of rotatable bonds is 14. The van der Waals surface area contributed by atoms with E-state index in [1.54, 1.807) is 0 Å². The van der Waals surface area contributed by atoms with Gasteiger partial charge in [-0.25, -0.2) is 0 Å². The number of carboxylic acid groups (broad SMARTS) is 1. The standard InChI is InChI=1S/C14H28O2.C8H10N2S/c1-2-3-4-5-6-7-8-9-10-11-12-13-14(15)16;9-8(10)11-6-7-4-2-1-3-5-7/h2-13H2,1H3,(H,15,16);1-5H,6H2,(H3,9,10). The van der Waals surface area contributed by atoms with E-state index in [9.17, 15) is 4.79 Å². The van der Waals surface area contributed by atoms with Crippen molar-refractivity contribution in [2.45, 2.75) is 89.7 Å². The van der Waals surface area contributed by atoms with Gasteiger partial charge < -0.3 is 10.8 Å². The fraction of sp³-hybridized carbons (Fsp3) is 0.636. The van der Waals surface area contributed by atoms with E-state index >= 15 is 0 Å². The monoisotopic (exact) mass is 394 g/mol. The van der Waals surface area contributed by atoms with Crippen molar-refractivity contribution in [2.75, 3.05) is 0 Å². The van der Waals surface area contributed by atoms with Crippen LogP contribution in [0.15, 0.2) is 30.3 Å². The molecule has 0 atom stereocenters. The molecule has 4 nitrogen and oxygen atoms in total. The zero-order valence-corrected chi connectivity index (χ0v) is 17.7. The fourth-order valence-corrected chi connectivity index (χ4v) is 3.19. The molecule has 1 aromatic carbocycles. The average Bonchev–Trinajstić information content (AvgIpc) is 2.65. The maximum absolute atomic E-state index is 10.3. The Morgan fingerprint density at radius 2 is 1.41 bits per heavy atom. The first kappa shape index (κ1) is 25.5. The van der Waals surface area contributed by atoms with Crippen LogP contribution in [0.25, 0.3) is 0 Å². The molecule has 1 rings (SSSR count). The topological polar surface area (TPSA) is 87.2 Å². The number of aliphatic carboxylic acids is 1. The van der Waals surface area contributed by atoms with Gasteiger partial charge in [-0.3, -0.25) is 10.2 Å². The maximum atomic E-state index is 10.3. The molecule has 0 amide bonds. The number of nitrogens with one attached hydrogen (secondary N) is 1. The Bertz CT molecular complexity index is 480. The van der Waals surface area contributed by atoms with Crippen molar-refractivity contribution in [2.24, 2.45) is 5.73 Å². The minimum absolute atomic E-state index is 0.175. The zero-order chi connectivity index (χ0) is 20.2. The average molecular weight is 395 g/mol. The summed E-state index contributed by atoms with van der Waals surface area (Å²) in [6, 6.07) is 9.99. The van der Waals surface area contributed by atoms with E-state index in [0.717, 1.165) is 18.6 Å². The summed E-state index contributed by atoms with van der Waals surface area (Å²) in [5.74, 6) is 0.131. The molecule has 0 radical (unpaired) electrons. The highest BCUT2D eigenvalue weighted by Gasteiger charge is 1.96. The van der Waals surface area contributed by atoms with E-state index < -0.39 is 5.97 Å². The molecule has 27 heavy (non-hydrogen) atoms. The molecule has 0 aliphatic rings. The predicted octanol–water partition coefficient (Wildman–Crippen LogP) is 6.59. The van der Waals surface area contributed by atoms with E-state index in [1.165, 1.54) is 75.1 Å². The molecule has 0 spiro atoms. The zero-order valence-electron chi connectivity index (χ0n) is 16.9. The van der Waals surface area contributed by atoms with Crippen LogP contribution < -0.4 is 5.73 Å². The first-order valence-corrected chi connectivity index (χ1v) is 11.3. The Labute approximate surface area is 169 Å². The first-order valence-electron chi connectivity index (χ1n) is 10.3. The predicted molar refractivity (Wildman–Crippen MR) is 118 cm³/mol. The van der Waals surface area contributed by atoms with Crippen molar-refractivity contribution in [3.05, 3.63) is 35.9 Å². The van der Waals surface area contributed by atoms with E-state index in [1.807, 2.05) is 30.3 Å². The SMILES string of the molecule is CCCCCCCCCCCCCC(=O)O.N=C(N)SCc1ccccc1. The summed E-state index contributed by atoms with van der Waals surface area (Å²) in [7, 11) is 0. The lowest BCUT2D eigenvalue weighted by Gasteiger charge is -2.01. The van der Waals surface area contributed by atoms with Gasteiger partial charge in [0.1, 0.15) is 0 Å². The number of carboxylic acids is 1. The maximum Gasteiger partial charge on any atom is 0.303 e. The number of carbonyl (C=O) groups is 1. The number of thioether (sulfide) groups is 1. The number of benzene rings is 1. The van der Waals surface area contributed by atoms with Gasteiger partial charge in [-0.2, -0.15) is 0 Å². The molecular formula is C22H38N2O2S. The molecule has 0 saturated heterocycles. The minimum Gasteiger partial charge on any atom is -0.481 e. The third-order valence-corrected chi connectivity index (χ3v) is 5.02. The second-order valence-electron chi connectivity index (χ2n) is 6.82. The largest absolute Gasteiger partial charge is 0.481 e. The molecule has 0 heterocycles. The molecule has 0 aliphatic heterocycles. The van der Waals surface area contributed by atoms with Crippen LogP contribution in [0.3, 0.4) is 0 Å². The van der Waals surface area contributed by atoms with Crippen LogP contribution in [-0.4, -0.2) is 16.2 Å². The number of nitrogens with two attached hydrogens (primary N) is 1. The third-order valence-electron chi connectivity index (χ3n) is 4.23. The van der Waals surface area contributed by atoms with Crippen LogP contribution in [0, 0.1) is 5.41 Å². The van der Waals surface area contributed by atoms with Crippen molar-refractivity contribution < 1.29 is 9.90 Å². The van der Waals surface area contributed by atoms with Crippen LogP contribution in [0.2, 0.25) is 0 Å². The molecule has 0 saturated carbocycles. The van der Waals surface area contributed by atoms with Crippen LogP contribution in [0.4, 0.5) is 0 Å². The second kappa shape index (κ2) is 19.3. The smallest absolute Gasteiger partial charge is 0.303 e. The van der Waals surface area contributed by atoms with Crippen LogP contribution in [-0.2, 0) is 10.5 Å². The fourth-order valence-electron chi connectivity index (χ4n) is 2.68. The van der Waals surface area contributed by atoms with E-state index in [-0.39, 0.29) is 5.17 Å². The van der Waals surface area contributed by atoms with Crippen molar-refractivity contribution >= 4 is 22.9 Å². The highest BCUT2D eigenvalue weighted by Crippen LogP contribution is 2.12. The lowest BCUT2D eigenvalue weighted by atomic mass is 10.1. The van der Waals surface area contributed by atoms with Crippen molar-refractivity contribution in [1.82, 2.24) is 0 Å². The Hall–Kier alpha value is -1.49. The second-order valence-corrected chi connectivity index (χ2v) is 7.83. The van der Waals surface area contributed by atoms with Gasteiger partial charge in [-0.15, -0.1) is 0 Å². The van der Waals surface area contributed by atoms with Gasteiger partial charge in [0.2, 0.25) is 0 Å². The summed E-state index contributed by atoms with van der Waals surface area (Å²) < 4.78 is 0. The summed E-state index contributed by atoms with van der Waals surface area (Å²) in [5.41, 5.74) is 6.39. The molecule has 0 aromatic heterocycles. The van der Waals surface area contributed by atoms with Crippen LogP contribution >= 0.6 is 11.8 Å². The summed E-state index contributed by atoms with van der Waals surface area (Å²) in [4.78, 5) is 10.3. The molecule has 4 N–H and O–H groups in total. The number of hydrogen-bond donors (Lipinski definition) is 3. The summed E-state index contributed by atoms with van der Waals surface area (Å²) >= 11 is 1.35. The van der Waals surface area contributed by atoms with Crippen molar-refractivity contribution in [3.63, 3.8) is 0 Å². The third kappa shape index (κ3) is 20.7. The molecule has 154 valence electrons. The van der Waals surface area contributed by atoms with Gasteiger partial charge in [0, 0.05) is 12.2 Å². The Morgan fingerprint density at radius 3 is 1.85 bits per heavy atom. The van der Waals surface area contributed by atoms with Crippen molar-refractivity contribution in [1.29, 1.82) is 5.41 Å². The quantitative estimate of drug-likeness (QED) is 0.189. The molecule has 0 fully saturated rings. The molecule has 0 unspecified atom stereocenters. The highest BCUT2D eigenvalue weighted by molar-refractivity contribution is 8.13. The summed E-state index contributed by atoms with van der Waals surface area (Å²) in [6.45, 7) is 2.25. The molecular weight excluding hydrogens is 356 g/mol. The highest BCUT2D eigenvalue weighted by atomic mass is 32.2. The van der Waals surface area contributed by atoms with Gasteiger partial charge in [-0.05, 0) is 12.0 Å². The van der Waals surface area contributed by atoms with Crippen molar-refractivity contribution in [3.8, 4) is 0 Å². The normalized spacial score (nSPS) is 10.1. The lowest BCUT2D eigenvalue weighted by molar-refractivity contribution is -0.137. The lowest BCUT2D eigenvalue weighted by Crippen LogP contribution is -2.03. The van der Waals surface area contributed by atoms with Gasteiger partial charge in [0.05, 0.1) is 0 Å². The first-order chi connectivity index (χ1) is 13.1. The Kier molecular flexibility index (Phi) is 18.2. The molecule has 0 aliphatic carbocycles.